The lowest BCUT2D eigenvalue weighted by atomic mass is 10.0. The zero-order valence-electron chi connectivity index (χ0n) is 36.8. The molecular weight excluding hydrogens is 683 g/mol. The van der Waals surface area contributed by atoms with E-state index in [2.05, 4.69) is 50.4 Å². The fourth-order valence-corrected chi connectivity index (χ4v) is 7.36. The summed E-state index contributed by atoms with van der Waals surface area (Å²) in [4.78, 5) is 26.0. The highest BCUT2D eigenvalue weighted by atomic mass is 16.5. The molecule has 0 radical (unpaired) electrons. The second-order valence-corrected chi connectivity index (χ2v) is 16.5. The lowest BCUT2D eigenvalue weighted by Gasteiger charge is -2.24. The predicted octanol–water partition coefficient (Wildman–Crippen LogP) is 14.0. The molecule has 0 aliphatic rings. The van der Waals surface area contributed by atoms with Crippen molar-refractivity contribution >= 4 is 11.9 Å². The van der Waals surface area contributed by atoms with Gasteiger partial charge in [-0.2, -0.15) is 0 Å². The van der Waals surface area contributed by atoms with Gasteiger partial charge in [0.15, 0.2) is 0 Å². The molecule has 324 valence electrons. The predicted molar refractivity (Wildman–Crippen MR) is 236 cm³/mol. The molecule has 0 spiro atoms. The van der Waals surface area contributed by atoms with Gasteiger partial charge in [-0.15, -0.1) is 0 Å². The van der Waals surface area contributed by atoms with E-state index < -0.39 is 18.2 Å². The van der Waals surface area contributed by atoms with Gasteiger partial charge in [-0.1, -0.05) is 212 Å². The van der Waals surface area contributed by atoms with E-state index >= 15 is 0 Å². The third-order valence-corrected chi connectivity index (χ3v) is 11.1. The largest absolute Gasteiger partial charge is 0.462 e. The molecule has 0 aromatic heterocycles. The lowest BCUT2D eigenvalue weighted by molar-refractivity contribution is -0.151. The maximum atomic E-state index is 13.1. The van der Waals surface area contributed by atoms with Crippen LogP contribution in [0.3, 0.4) is 0 Å². The Hall–Kier alpha value is -1.66. The van der Waals surface area contributed by atoms with Crippen molar-refractivity contribution < 1.29 is 24.5 Å². The zero-order valence-corrected chi connectivity index (χ0v) is 36.8. The topological polar surface area (TPSA) is 95.9 Å². The van der Waals surface area contributed by atoms with Gasteiger partial charge < -0.3 is 20.3 Å². The van der Waals surface area contributed by atoms with Crippen molar-refractivity contribution in [2.24, 2.45) is 0 Å². The van der Waals surface area contributed by atoms with Gasteiger partial charge in [-0.05, 0) is 51.4 Å². The van der Waals surface area contributed by atoms with E-state index in [1.165, 1.54) is 135 Å². The number of amides is 1. The minimum absolute atomic E-state index is 0.0641. The molecule has 6 nitrogen and oxygen atoms in total. The second-order valence-electron chi connectivity index (χ2n) is 16.5. The van der Waals surface area contributed by atoms with Crippen LogP contribution >= 0.6 is 0 Å². The summed E-state index contributed by atoms with van der Waals surface area (Å²) in [6.07, 6.45) is 48.1. The molecule has 0 aromatic carbocycles. The van der Waals surface area contributed by atoms with Crippen LogP contribution in [0.5, 0.6) is 0 Å². The van der Waals surface area contributed by atoms with Crippen LogP contribution in [0.4, 0.5) is 0 Å². The van der Waals surface area contributed by atoms with E-state index in [4.69, 9.17) is 4.74 Å². The molecule has 3 atom stereocenters. The van der Waals surface area contributed by atoms with Gasteiger partial charge in [-0.3, -0.25) is 9.59 Å². The molecule has 0 saturated carbocycles. The van der Waals surface area contributed by atoms with Crippen LogP contribution in [-0.4, -0.2) is 46.9 Å². The van der Waals surface area contributed by atoms with Crippen molar-refractivity contribution in [1.29, 1.82) is 0 Å². The van der Waals surface area contributed by atoms with Gasteiger partial charge in [0.2, 0.25) is 5.91 Å². The van der Waals surface area contributed by atoms with E-state index in [1.54, 1.807) is 0 Å². The van der Waals surface area contributed by atoms with Gasteiger partial charge >= 0.3 is 5.97 Å². The molecule has 0 saturated heterocycles. The molecule has 0 heterocycles. The van der Waals surface area contributed by atoms with E-state index in [-0.39, 0.29) is 24.9 Å². The first kappa shape index (κ1) is 53.3. The van der Waals surface area contributed by atoms with Crippen molar-refractivity contribution in [1.82, 2.24) is 5.32 Å². The maximum absolute atomic E-state index is 13.1. The monoisotopic (exact) mass is 776 g/mol. The molecule has 0 fully saturated rings. The molecular formula is C49H93NO5. The normalized spacial score (nSPS) is 13.5. The van der Waals surface area contributed by atoms with E-state index in [9.17, 15) is 19.8 Å². The minimum atomic E-state index is -0.789. The number of carbonyl (C=O) groups is 2. The number of allylic oxidation sites excluding steroid dienone is 4. The van der Waals surface area contributed by atoms with Crippen LogP contribution in [0, 0.1) is 0 Å². The number of aliphatic hydroxyl groups excluding tert-OH is 2. The lowest BCUT2D eigenvalue weighted by Crippen LogP contribution is -2.46. The summed E-state index contributed by atoms with van der Waals surface area (Å²) in [5.74, 6) is -0.494. The van der Waals surface area contributed by atoms with Crippen molar-refractivity contribution in [2.75, 3.05) is 6.61 Å². The number of esters is 1. The molecule has 3 N–H and O–H groups in total. The van der Waals surface area contributed by atoms with Crippen LogP contribution in [0.1, 0.15) is 252 Å². The van der Waals surface area contributed by atoms with Crippen LogP contribution in [0.2, 0.25) is 0 Å². The molecule has 0 rings (SSSR count). The van der Waals surface area contributed by atoms with Gasteiger partial charge in [0, 0.05) is 6.42 Å². The van der Waals surface area contributed by atoms with Crippen LogP contribution < -0.4 is 5.32 Å². The number of hydrogen-bond acceptors (Lipinski definition) is 5. The third-order valence-electron chi connectivity index (χ3n) is 11.1. The van der Waals surface area contributed by atoms with Crippen LogP contribution in [-0.2, 0) is 14.3 Å². The highest BCUT2D eigenvalue weighted by molar-refractivity contribution is 5.77. The summed E-state index contributed by atoms with van der Waals surface area (Å²) in [5, 5.41) is 23.6. The average Bonchev–Trinajstić information content (AvgIpc) is 3.18. The number of aliphatic hydroxyl groups is 2. The number of ether oxygens (including phenoxy) is 1. The standard InChI is InChI=1S/C49H93NO5/c1-4-7-10-13-16-19-21-22-23-24-25-27-29-31-34-37-40-45(55-49(54)42-39-36-33-28-18-15-12-9-6-3)43-48(53)50-46(44-51)47(52)41-38-35-32-30-26-20-17-14-11-8-5-2/h23-25,27,45-47,51-52H,4-22,26,28-44H2,1-3H3,(H,50,53)/b24-23+,27-25+. The first-order chi connectivity index (χ1) is 27.0. The second kappa shape index (κ2) is 43.5. The summed E-state index contributed by atoms with van der Waals surface area (Å²) < 4.78 is 5.89. The Labute approximate surface area is 341 Å². The molecule has 0 aliphatic heterocycles. The molecule has 6 heteroatoms. The number of nitrogens with one attached hydrogen (secondary N) is 1. The first-order valence-electron chi connectivity index (χ1n) is 24.1. The summed E-state index contributed by atoms with van der Waals surface area (Å²) in [7, 11) is 0. The zero-order chi connectivity index (χ0) is 40.3. The number of hydrogen-bond donors (Lipinski definition) is 3. The molecule has 0 aromatic rings. The Kier molecular flexibility index (Phi) is 42.2. The maximum Gasteiger partial charge on any atom is 0.306 e. The summed E-state index contributed by atoms with van der Waals surface area (Å²) in [6, 6.07) is -0.703. The fourth-order valence-electron chi connectivity index (χ4n) is 7.36. The minimum Gasteiger partial charge on any atom is -0.462 e. The van der Waals surface area contributed by atoms with Crippen molar-refractivity contribution in [3.05, 3.63) is 24.3 Å². The van der Waals surface area contributed by atoms with Crippen LogP contribution in [0.15, 0.2) is 24.3 Å². The van der Waals surface area contributed by atoms with Gasteiger partial charge in [0.05, 0.1) is 25.2 Å². The SMILES string of the molecule is CCCCCCCCC/C=C/C=C/CCCCCC(CC(=O)NC(CO)C(O)CCCCCCCCCCCCC)OC(=O)CCCCCCCCCCC. The molecule has 55 heavy (non-hydrogen) atoms. The van der Waals surface area contributed by atoms with Crippen molar-refractivity contribution in [3.63, 3.8) is 0 Å². The number of rotatable bonds is 43. The molecule has 3 unspecified atom stereocenters. The van der Waals surface area contributed by atoms with E-state index in [1.807, 2.05) is 0 Å². The van der Waals surface area contributed by atoms with Gasteiger partial charge in [-0.25, -0.2) is 0 Å². The Morgan fingerprint density at radius 2 is 0.909 bits per heavy atom. The van der Waals surface area contributed by atoms with Crippen molar-refractivity contribution in [2.45, 2.75) is 270 Å². The smallest absolute Gasteiger partial charge is 0.306 e. The quantitative estimate of drug-likeness (QED) is 0.0326. The Morgan fingerprint density at radius 1 is 0.527 bits per heavy atom. The Morgan fingerprint density at radius 3 is 1.36 bits per heavy atom. The molecule has 0 aliphatic carbocycles. The number of unbranched alkanes of at least 4 members (excludes halogenated alkanes) is 28. The Balaban J connectivity index is 4.61. The van der Waals surface area contributed by atoms with Gasteiger partial charge in [0.1, 0.15) is 6.10 Å². The Bertz CT molecular complexity index is 873. The summed E-state index contributed by atoms with van der Waals surface area (Å²) in [5.41, 5.74) is 0. The van der Waals surface area contributed by atoms with Crippen molar-refractivity contribution in [3.8, 4) is 0 Å². The number of carbonyl (C=O) groups excluding carboxylic acids is 2. The molecule has 1 amide bonds. The van der Waals surface area contributed by atoms with E-state index in [0.717, 1.165) is 70.6 Å². The highest BCUT2D eigenvalue weighted by Crippen LogP contribution is 2.17. The fraction of sp³-hybridized carbons (Fsp3) is 0.878. The third kappa shape index (κ3) is 39.0. The van der Waals surface area contributed by atoms with E-state index in [0.29, 0.717) is 19.3 Å². The molecule has 0 bridgehead atoms. The summed E-state index contributed by atoms with van der Waals surface area (Å²) >= 11 is 0. The highest BCUT2D eigenvalue weighted by Gasteiger charge is 2.24. The van der Waals surface area contributed by atoms with Gasteiger partial charge in [0.25, 0.3) is 0 Å². The average molecular weight is 776 g/mol. The first-order valence-corrected chi connectivity index (χ1v) is 24.1. The van der Waals surface area contributed by atoms with Crippen LogP contribution in [0.25, 0.3) is 0 Å². The summed E-state index contributed by atoms with van der Waals surface area (Å²) in [6.45, 7) is 6.45.